The summed E-state index contributed by atoms with van der Waals surface area (Å²) in [6.07, 6.45) is 2.71. The summed E-state index contributed by atoms with van der Waals surface area (Å²) in [5, 5.41) is 3.30. The minimum absolute atomic E-state index is 0.805. The Labute approximate surface area is 97.9 Å². The highest BCUT2D eigenvalue weighted by molar-refractivity contribution is 5.11. The average molecular weight is 219 g/mol. The van der Waals surface area contributed by atoms with Crippen molar-refractivity contribution in [3.05, 3.63) is 29.6 Å². The fourth-order valence-corrected chi connectivity index (χ4v) is 1.87. The molecule has 1 aromatic rings. The van der Waals surface area contributed by atoms with E-state index in [1.165, 1.54) is 18.5 Å². The van der Waals surface area contributed by atoms with Crippen LogP contribution in [-0.4, -0.2) is 29.5 Å². The van der Waals surface area contributed by atoms with Gasteiger partial charge >= 0.3 is 0 Å². The van der Waals surface area contributed by atoms with Crippen molar-refractivity contribution in [2.24, 2.45) is 0 Å². The van der Waals surface area contributed by atoms with Gasteiger partial charge < -0.3 is 5.32 Å². The first-order chi connectivity index (χ1) is 7.79. The number of aromatic nitrogens is 1. The molecule has 0 radical (unpaired) electrons. The van der Waals surface area contributed by atoms with E-state index < -0.39 is 0 Å². The Morgan fingerprint density at radius 2 is 2.12 bits per heavy atom. The van der Waals surface area contributed by atoms with Crippen LogP contribution in [-0.2, 0) is 13.1 Å². The van der Waals surface area contributed by atoms with Crippen LogP contribution in [0.25, 0.3) is 0 Å². The molecule has 1 N–H and O–H groups in total. The highest BCUT2D eigenvalue weighted by atomic mass is 15.2. The van der Waals surface area contributed by atoms with E-state index in [-0.39, 0.29) is 0 Å². The van der Waals surface area contributed by atoms with Crippen LogP contribution in [0.15, 0.2) is 18.2 Å². The first kappa shape index (κ1) is 11.6. The van der Waals surface area contributed by atoms with Crippen molar-refractivity contribution in [2.75, 3.05) is 13.6 Å². The van der Waals surface area contributed by atoms with Crippen molar-refractivity contribution in [1.82, 2.24) is 15.2 Å². The summed E-state index contributed by atoms with van der Waals surface area (Å²) in [5.41, 5.74) is 2.33. The van der Waals surface area contributed by atoms with Crippen LogP contribution in [0.4, 0.5) is 0 Å². The number of nitrogens with zero attached hydrogens (tertiary/aromatic N) is 2. The molecule has 1 fully saturated rings. The Morgan fingerprint density at radius 3 is 2.81 bits per heavy atom. The minimum atomic E-state index is 0.805. The summed E-state index contributed by atoms with van der Waals surface area (Å²) in [5.74, 6) is 0. The van der Waals surface area contributed by atoms with Crippen molar-refractivity contribution < 1.29 is 0 Å². The topological polar surface area (TPSA) is 28.2 Å². The van der Waals surface area contributed by atoms with Crippen molar-refractivity contribution >= 4 is 0 Å². The molecule has 3 heteroatoms. The number of hydrogen-bond donors (Lipinski definition) is 1. The van der Waals surface area contributed by atoms with Crippen molar-refractivity contribution in [3.8, 4) is 0 Å². The molecule has 0 atom stereocenters. The predicted molar refractivity (Wildman–Crippen MR) is 66.1 cm³/mol. The first-order valence-corrected chi connectivity index (χ1v) is 6.15. The summed E-state index contributed by atoms with van der Waals surface area (Å²) in [6, 6.07) is 7.12. The van der Waals surface area contributed by atoms with E-state index in [4.69, 9.17) is 0 Å². The van der Waals surface area contributed by atoms with Crippen LogP contribution < -0.4 is 5.32 Å². The molecule has 0 unspecified atom stereocenters. The van der Waals surface area contributed by atoms with E-state index in [0.29, 0.717) is 0 Å². The SMILES string of the molecule is CCNCc1cccc(CN(C)C2CC2)n1. The predicted octanol–water partition coefficient (Wildman–Crippen LogP) is 1.79. The van der Waals surface area contributed by atoms with Gasteiger partial charge in [0.05, 0.1) is 11.4 Å². The van der Waals surface area contributed by atoms with Crippen LogP contribution in [0.1, 0.15) is 31.2 Å². The van der Waals surface area contributed by atoms with Gasteiger partial charge in [0, 0.05) is 19.1 Å². The zero-order chi connectivity index (χ0) is 11.4. The average Bonchev–Trinajstić information content (AvgIpc) is 3.10. The summed E-state index contributed by atoms with van der Waals surface area (Å²) in [7, 11) is 2.19. The molecule has 0 aromatic carbocycles. The molecule has 0 saturated heterocycles. The number of nitrogens with one attached hydrogen (secondary N) is 1. The van der Waals surface area contributed by atoms with E-state index in [2.05, 4.69) is 47.4 Å². The number of hydrogen-bond acceptors (Lipinski definition) is 3. The lowest BCUT2D eigenvalue weighted by Crippen LogP contribution is -2.21. The van der Waals surface area contributed by atoms with Crippen molar-refractivity contribution in [1.29, 1.82) is 0 Å². The van der Waals surface area contributed by atoms with Crippen LogP contribution >= 0.6 is 0 Å². The van der Waals surface area contributed by atoms with Crippen LogP contribution in [0.3, 0.4) is 0 Å². The summed E-state index contributed by atoms with van der Waals surface area (Å²) in [4.78, 5) is 7.06. The Hall–Kier alpha value is -0.930. The van der Waals surface area contributed by atoms with Crippen molar-refractivity contribution in [2.45, 2.75) is 38.9 Å². The molecule has 88 valence electrons. The fraction of sp³-hybridized carbons (Fsp3) is 0.615. The largest absolute Gasteiger partial charge is 0.311 e. The van der Waals surface area contributed by atoms with Crippen LogP contribution in [0.2, 0.25) is 0 Å². The maximum absolute atomic E-state index is 4.66. The zero-order valence-electron chi connectivity index (χ0n) is 10.2. The second-order valence-corrected chi connectivity index (χ2v) is 4.55. The molecule has 16 heavy (non-hydrogen) atoms. The van der Waals surface area contributed by atoms with Crippen LogP contribution in [0, 0.1) is 0 Å². The van der Waals surface area contributed by atoms with Gasteiger partial charge in [0.15, 0.2) is 0 Å². The molecule has 1 saturated carbocycles. The standard InChI is InChI=1S/C13H21N3/c1-3-14-9-11-5-4-6-12(15-11)10-16(2)13-7-8-13/h4-6,13-14H,3,7-10H2,1-2H3. The lowest BCUT2D eigenvalue weighted by Gasteiger charge is -2.15. The Balaban J connectivity index is 1.92. The molecule has 1 aliphatic carbocycles. The quantitative estimate of drug-likeness (QED) is 0.790. The Morgan fingerprint density at radius 1 is 1.38 bits per heavy atom. The second-order valence-electron chi connectivity index (χ2n) is 4.55. The number of rotatable bonds is 6. The smallest absolute Gasteiger partial charge is 0.0547 e. The second kappa shape index (κ2) is 5.41. The summed E-state index contributed by atoms with van der Waals surface area (Å²) >= 11 is 0. The van der Waals surface area contributed by atoms with E-state index in [0.717, 1.165) is 31.4 Å². The molecule has 1 heterocycles. The zero-order valence-corrected chi connectivity index (χ0v) is 10.2. The van der Waals surface area contributed by atoms with Gasteiger partial charge in [-0.1, -0.05) is 13.0 Å². The van der Waals surface area contributed by atoms with Gasteiger partial charge in [0.1, 0.15) is 0 Å². The first-order valence-electron chi connectivity index (χ1n) is 6.15. The maximum atomic E-state index is 4.66. The third kappa shape index (κ3) is 3.29. The van der Waals surface area contributed by atoms with E-state index in [1.54, 1.807) is 0 Å². The highest BCUT2D eigenvalue weighted by Gasteiger charge is 2.26. The lowest BCUT2D eigenvalue weighted by molar-refractivity contribution is 0.312. The molecule has 1 aliphatic rings. The lowest BCUT2D eigenvalue weighted by atomic mass is 10.3. The third-order valence-electron chi connectivity index (χ3n) is 3.00. The van der Waals surface area contributed by atoms with Crippen molar-refractivity contribution in [3.63, 3.8) is 0 Å². The molecule has 0 spiro atoms. The fourth-order valence-electron chi connectivity index (χ4n) is 1.87. The highest BCUT2D eigenvalue weighted by Crippen LogP contribution is 2.26. The van der Waals surface area contributed by atoms with Gasteiger partial charge in [0.25, 0.3) is 0 Å². The van der Waals surface area contributed by atoms with Gasteiger partial charge in [-0.15, -0.1) is 0 Å². The number of pyridine rings is 1. The normalized spacial score (nSPS) is 15.7. The maximum Gasteiger partial charge on any atom is 0.0547 e. The molecule has 1 aromatic heterocycles. The summed E-state index contributed by atoms with van der Waals surface area (Å²) in [6.45, 7) is 4.96. The van der Waals surface area contributed by atoms with Gasteiger partial charge in [-0.05, 0) is 38.6 Å². The molecule has 0 aliphatic heterocycles. The Kier molecular flexibility index (Phi) is 3.91. The van der Waals surface area contributed by atoms with Crippen LogP contribution in [0.5, 0.6) is 0 Å². The monoisotopic (exact) mass is 219 g/mol. The Bertz CT molecular complexity index is 334. The molecule has 0 amide bonds. The van der Waals surface area contributed by atoms with Gasteiger partial charge in [-0.25, -0.2) is 0 Å². The summed E-state index contributed by atoms with van der Waals surface area (Å²) < 4.78 is 0. The van der Waals surface area contributed by atoms with E-state index in [1.807, 2.05) is 0 Å². The van der Waals surface area contributed by atoms with Gasteiger partial charge in [-0.3, -0.25) is 9.88 Å². The molecular weight excluding hydrogens is 198 g/mol. The van der Waals surface area contributed by atoms with Gasteiger partial charge in [0.2, 0.25) is 0 Å². The van der Waals surface area contributed by atoms with E-state index in [9.17, 15) is 0 Å². The minimum Gasteiger partial charge on any atom is -0.311 e. The molecular formula is C13H21N3. The van der Waals surface area contributed by atoms with E-state index >= 15 is 0 Å². The molecule has 3 nitrogen and oxygen atoms in total. The molecule has 0 bridgehead atoms. The molecule has 2 rings (SSSR count). The third-order valence-corrected chi connectivity index (χ3v) is 3.00. The van der Waals surface area contributed by atoms with Gasteiger partial charge in [-0.2, -0.15) is 0 Å².